The molecule has 4 heterocycles. The third-order valence-electron chi connectivity index (χ3n) is 5.85. The molecule has 0 atom stereocenters. The van der Waals surface area contributed by atoms with Gasteiger partial charge in [0.1, 0.15) is 20.3 Å². The summed E-state index contributed by atoms with van der Waals surface area (Å²) >= 11 is 6.32. The van der Waals surface area contributed by atoms with Crippen molar-refractivity contribution in [2.45, 2.75) is 65.9 Å². The molecule has 4 N–H and O–H groups in total. The van der Waals surface area contributed by atoms with E-state index in [1.165, 1.54) is 0 Å². The number of rotatable bonds is 1. The van der Waals surface area contributed by atoms with Crippen molar-refractivity contribution >= 4 is 38.0 Å². The number of carbonyl (C=O) groups excluding carboxylic acids is 1. The number of carbonyl (C=O) groups is 1. The second-order valence-corrected chi connectivity index (χ2v) is 11.1. The number of aromatic hydroxyl groups is 1. The molecule has 0 spiro atoms. The van der Waals surface area contributed by atoms with Crippen molar-refractivity contribution < 1.29 is 19.4 Å². The summed E-state index contributed by atoms with van der Waals surface area (Å²) in [7, 11) is 1.55. The molecule has 0 unspecified atom stereocenters. The number of nitrogens with zero attached hydrogens (tertiary/aromatic N) is 1. The Kier molecular flexibility index (Phi) is 11.9. The van der Waals surface area contributed by atoms with E-state index in [1.807, 2.05) is 34.6 Å². The number of fused-ring (bicyclic) bond motifs is 2. The highest BCUT2D eigenvalue weighted by molar-refractivity contribution is 9.10. The van der Waals surface area contributed by atoms with Gasteiger partial charge in [0.15, 0.2) is 0 Å². The maximum Gasteiger partial charge on any atom is 0.410 e. The molecule has 38 heavy (non-hydrogen) atoms. The van der Waals surface area contributed by atoms with Crippen molar-refractivity contribution in [2.24, 2.45) is 0 Å². The molecule has 0 aromatic carbocycles. The second-order valence-electron chi connectivity index (χ2n) is 9.55. The third-order valence-corrected chi connectivity index (χ3v) is 7.30. The first kappa shape index (κ1) is 31.9. The van der Waals surface area contributed by atoms with Crippen LogP contribution in [0.15, 0.2) is 18.5 Å². The molecular formula is C26H38Br2N4O6. The standard InChI is InChI=1S/C14H19BrN2O4.C10H13BrN2O2.C2H6/c1-14(2,3)21-13(20)17-6-4-8-9(5-7-17)16-12(19)10(15)11(8)18;1-15-10-8(11)9(14)6-2-4-12-5-3-7(6)13-10;1-2/h4-7H2,1-3H3,(H2,16,18,19);12H,2-5H2,1H3,(H,13,14);1-2H3. The Balaban J connectivity index is 0.000000262. The molecule has 12 heteroatoms. The largest absolute Gasteiger partial charge is 0.506 e. The Hall–Kier alpha value is -2.31. The molecule has 2 aromatic heterocycles. The lowest BCUT2D eigenvalue weighted by Crippen LogP contribution is -2.38. The van der Waals surface area contributed by atoms with Crippen LogP contribution in [0.4, 0.5) is 4.79 Å². The summed E-state index contributed by atoms with van der Waals surface area (Å²) in [5.41, 5.74) is 2.34. The smallest absolute Gasteiger partial charge is 0.410 e. The van der Waals surface area contributed by atoms with Crippen LogP contribution in [-0.4, -0.2) is 65.0 Å². The number of H-pyrrole nitrogens is 2. The van der Waals surface area contributed by atoms with E-state index < -0.39 is 5.60 Å². The maximum absolute atomic E-state index is 12.1. The first-order chi connectivity index (χ1) is 17.9. The van der Waals surface area contributed by atoms with Crippen LogP contribution in [0.1, 0.15) is 57.1 Å². The highest BCUT2D eigenvalue weighted by Gasteiger charge is 2.26. The molecule has 0 fully saturated rings. The molecular weight excluding hydrogens is 624 g/mol. The molecule has 2 aromatic rings. The number of methoxy groups -OCH3 is 1. The van der Waals surface area contributed by atoms with Gasteiger partial charge >= 0.3 is 6.09 Å². The number of aromatic nitrogens is 2. The zero-order valence-electron chi connectivity index (χ0n) is 22.8. The van der Waals surface area contributed by atoms with Gasteiger partial charge in [0.2, 0.25) is 11.3 Å². The zero-order chi connectivity index (χ0) is 28.6. The summed E-state index contributed by atoms with van der Waals surface area (Å²) in [5, 5.41) is 13.3. The van der Waals surface area contributed by atoms with Crippen molar-refractivity contribution in [1.29, 1.82) is 0 Å². The molecule has 0 aliphatic carbocycles. The number of aromatic amines is 2. The minimum Gasteiger partial charge on any atom is -0.506 e. The topological polar surface area (TPSA) is 137 Å². The van der Waals surface area contributed by atoms with Crippen LogP contribution in [-0.2, 0) is 30.4 Å². The molecule has 1 amide bonds. The van der Waals surface area contributed by atoms with Crippen LogP contribution in [0.2, 0.25) is 0 Å². The number of nitrogens with one attached hydrogen (secondary N) is 3. The lowest BCUT2D eigenvalue weighted by molar-refractivity contribution is 0.0258. The van der Waals surface area contributed by atoms with Gasteiger partial charge in [-0.25, -0.2) is 4.79 Å². The number of amides is 1. The number of ether oxygens (including phenoxy) is 2. The van der Waals surface area contributed by atoms with Crippen molar-refractivity contribution in [3.05, 3.63) is 52.0 Å². The fourth-order valence-electron chi connectivity index (χ4n) is 4.06. The molecule has 2 aliphatic rings. The quantitative estimate of drug-likeness (QED) is 0.362. The Morgan fingerprint density at radius 3 is 2.16 bits per heavy atom. The highest BCUT2D eigenvalue weighted by atomic mass is 79.9. The van der Waals surface area contributed by atoms with Gasteiger partial charge in [-0.15, -0.1) is 0 Å². The van der Waals surface area contributed by atoms with E-state index in [2.05, 4.69) is 47.1 Å². The van der Waals surface area contributed by atoms with Crippen LogP contribution in [0.5, 0.6) is 11.6 Å². The molecule has 212 valence electrons. The van der Waals surface area contributed by atoms with Gasteiger partial charge in [0, 0.05) is 55.0 Å². The van der Waals surface area contributed by atoms with E-state index in [-0.39, 0.29) is 27.3 Å². The van der Waals surface area contributed by atoms with E-state index >= 15 is 0 Å². The first-order valence-electron chi connectivity index (χ1n) is 12.7. The van der Waals surface area contributed by atoms with Crippen molar-refractivity contribution in [3.63, 3.8) is 0 Å². The lowest BCUT2D eigenvalue weighted by Gasteiger charge is -2.26. The molecule has 0 radical (unpaired) electrons. The molecule has 0 saturated heterocycles. The van der Waals surface area contributed by atoms with Crippen LogP contribution < -0.4 is 21.0 Å². The van der Waals surface area contributed by atoms with E-state index in [0.717, 1.165) is 37.2 Å². The fourth-order valence-corrected chi connectivity index (χ4v) is 4.90. The minimum absolute atomic E-state index is 0.0419. The maximum atomic E-state index is 12.1. The second kappa shape index (κ2) is 14.2. The molecule has 4 rings (SSSR count). The zero-order valence-corrected chi connectivity index (χ0v) is 26.0. The summed E-state index contributed by atoms with van der Waals surface area (Å²) in [4.78, 5) is 43.2. The summed E-state index contributed by atoms with van der Waals surface area (Å²) in [6.07, 6.45) is 2.18. The summed E-state index contributed by atoms with van der Waals surface area (Å²) in [6.45, 7) is 12.1. The van der Waals surface area contributed by atoms with Crippen molar-refractivity contribution in [2.75, 3.05) is 33.3 Å². The van der Waals surface area contributed by atoms with Crippen molar-refractivity contribution in [3.8, 4) is 11.6 Å². The Labute approximate surface area is 239 Å². The number of hydrogen-bond acceptors (Lipinski definition) is 7. The average molecular weight is 662 g/mol. The SMILES string of the molecule is CC.CC(C)(C)OC(=O)N1CCc2[nH]c(=O)c(Br)c(O)c2CC1.COc1[nH]c2c(c(=O)c1Br)CCNCC2. The molecule has 0 bridgehead atoms. The molecule has 0 saturated carbocycles. The lowest BCUT2D eigenvalue weighted by atomic mass is 10.1. The van der Waals surface area contributed by atoms with Crippen LogP contribution in [0.25, 0.3) is 0 Å². The van der Waals surface area contributed by atoms with E-state index in [1.54, 1.807) is 12.0 Å². The van der Waals surface area contributed by atoms with Crippen LogP contribution in [0, 0.1) is 0 Å². The fraction of sp³-hybridized carbons (Fsp3) is 0.577. The minimum atomic E-state index is -0.546. The van der Waals surface area contributed by atoms with Crippen molar-refractivity contribution in [1.82, 2.24) is 20.2 Å². The average Bonchev–Trinajstić information content (AvgIpc) is 3.24. The number of halogens is 2. The monoisotopic (exact) mass is 660 g/mol. The van der Waals surface area contributed by atoms with E-state index in [0.29, 0.717) is 47.5 Å². The van der Waals surface area contributed by atoms with Gasteiger partial charge in [0.25, 0.3) is 5.56 Å². The Bertz CT molecular complexity index is 1240. The van der Waals surface area contributed by atoms with Gasteiger partial charge in [-0.3, -0.25) is 9.59 Å². The predicted molar refractivity (Wildman–Crippen MR) is 155 cm³/mol. The van der Waals surface area contributed by atoms with Gasteiger partial charge in [-0.2, -0.15) is 0 Å². The molecule has 10 nitrogen and oxygen atoms in total. The van der Waals surface area contributed by atoms with Gasteiger partial charge in [-0.05, 0) is 72.0 Å². The van der Waals surface area contributed by atoms with Gasteiger partial charge < -0.3 is 34.8 Å². The van der Waals surface area contributed by atoms with Crippen LogP contribution in [0.3, 0.4) is 0 Å². The number of pyridine rings is 2. The number of hydrogen-bond donors (Lipinski definition) is 4. The van der Waals surface area contributed by atoms with Gasteiger partial charge in [-0.1, -0.05) is 13.8 Å². The molecule has 2 aliphatic heterocycles. The van der Waals surface area contributed by atoms with Gasteiger partial charge in [0.05, 0.1) is 7.11 Å². The van der Waals surface area contributed by atoms with E-state index in [9.17, 15) is 19.5 Å². The normalized spacial score (nSPS) is 14.8. The predicted octanol–water partition coefficient (Wildman–Crippen LogP) is 4.04. The summed E-state index contributed by atoms with van der Waals surface area (Å²) in [5.74, 6) is 0.473. The first-order valence-corrected chi connectivity index (χ1v) is 14.3. The third kappa shape index (κ3) is 8.09. The Morgan fingerprint density at radius 1 is 0.921 bits per heavy atom. The summed E-state index contributed by atoms with van der Waals surface area (Å²) in [6, 6.07) is 0. The summed E-state index contributed by atoms with van der Waals surface area (Å²) < 4.78 is 11.1. The van der Waals surface area contributed by atoms with Crippen LogP contribution >= 0.6 is 31.9 Å². The Morgan fingerprint density at radius 2 is 1.53 bits per heavy atom. The van der Waals surface area contributed by atoms with E-state index in [4.69, 9.17) is 9.47 Å². The highest BCUT2D eigenvalue weighted by Crippen LogP contribution is 2.29.